The fourth-order valence-electron chi connectivity index (χ4n) is 7.57. The maximum atomic E-state index is 13.2. The third-order valence-electron chi connectivity index (χ3n) is 11.6. The van der Waals surface area contributed by atoms with Crippen molar-refractivity contribution in [2.24, 2.45) is 0 Å². The summed E-state index contributed by atoms with van der Waals surface area (Å²) in [6, 6.07) is -0.723. The van der Waals surface area contributed by atoms with Crippen LogP contribution in [-0.2, 0) is 14.3 Å². The topological polar surface area (TPSA) is 95.9 Å². The standard InChI is InChI=1S/C57H99NO5/c1-4-7-10-13-16-19-22-25-27-28-29-30-32-35-38-41-44-47-50-57(62)63-53(48-45-42-39-36-33-24-21-18-15-12-9-6-3)51-56(61)58-54(52-59)55(60)49-46-43-40-37-34-31-26-23-20-17-14-11-8-5-2/h9,12,16,18-19,21-22,25,27-30,33,36,53-55,59-60H,4-8,10-11,13-15,17,20,23-24,26,31-32,34-35,37-52H2,1-3H3,(H,58,61)/b12-9+,19-16+,21-18+,25-22+,28-27+,30-29+,36-33+. The number of rotatable bonds is 46. The maximum Gasteiger partial charge on any atom is 0.306 e. The zero-order chi connectivity index (χ0) is 45.9. The van der Waals surface area contributed by atoms with Crippen LogP contribution in [0, 0.1) is 0 Å². The number of amides is 1. The summed E-state index contributed by atoms with van der Waals surface area (Å²) < 4.78 is 5.91. The molecule has 0 radical (unpaired) electrons. The van der Waals surface area contributed by atoms with Gasteiger partial charge in [0.05, 0.1) is 25.2 Å². The predicted molar refractivity (Wildman–Crippen MR) is 273 cm³/mol. The zero-order valence-electron chi connectivity index (χ0n) is 41.2. The molecular formula is C57H99NO5. The van der Waals surface area contributed by atoms with Crippen LogP contribution in [0.5, 0.6) is 0 Å². The molecule has 63 heavy (non-hydrogen) atoms. The normalized spacial score (nSPS) is 13.9. The molecule has 0 aromatic heterocycles. The molecule has 0 heterocycles. The molecule has 0 bridgehead atoms. The van der Waals surface area contributed by atoms with Crippen molar-refractivity contribution in [1.82, 2.24) is 5.32 Å². The molecule has 3 atom stereocenters. The van der Waals surface area contributed by atoms with E-state index in [0.717, 1.165) is 103 Å². The van der Waals surface area contributed by atoms with E-state index in [9.17, 15) is 19.8 Å². The number of aliphatic hydroxyl groups is 2. The van der Waals surface area contributed by atoms with Gasteiger partial charge in [0.1, 0.15) is 6.10 Å². The first kappa shape index (κ1) is 60.0. The van der Waals surface area contributed by atoms with Crippen LogP contribution in [0.15, 0.2) is 85.1 Å². The molecule has 0 saturated heterocycles. The van der Waals surface area contributed by atoms with Crippen LogP contribution in [0.25, 0.3) is 0 Å². The molecule has 3 unspecified atom stereocenters. The van der Waals surface area contributed by atoms with E-state index < -0.39 is 18.2 Å². The van der Waals surface area contributed by atoms with E-state index >= 15 is 0 Å². The van der Waals surface area contributed by atoms with Gasteiger partial charge in [-0.2, -0.15) is 0 Å². The number of hydrogen-bond donors (Lipinski definition) is 3. The summed E-state index contributed by atoms with van der Waals surface area (Å²) in [6.07, 6.45) is 65.0. The van der Waals surface area contributed by atoms with Gasteiger partial charge in [0.25, 0.3) is 0 Å². The van der Waals surface area contributed by atoms with Crippen LogP contribution in [-0.4, -0.2) is 46.9 Å². The summed E-state index contributed by atoms with van der Waals surface area (Å²) in [6.45, 7) is 6.31. The number of unbranched alkanes of at least 4 members (excludes halogenated alkanes) is 23. The number of aliphatic hydroxyl groups excluding tert-OH is 2. The molecule has 6 heteroatoms. The Labute approximate surface area is 389 Å². The molecule has 0 fully saturated rings. The minimum Gasteiger partial charge on any atom is -0.462 e. The number of carbonyl (C=O) groups excluding carboxylic acids is 2. The molecule has 0 aliphatic rings. The van der Waals surface area contributed by atoms with Crippen LogP contribution in [0.3, 0.4) is 0 Å². The fourth-order valence-corrected chi connectivity index (χ4v) is 7.57. The highest BCUT2D eigenvalue weighted by atomic mass is 16.5. The van der Waals surface area contributed by atoms with E-state index in [4.69, 9.17) is 4.74 Å². The summed E-state index contributed by atoms with van der Waals surface area (Å²) in [5.74, 6) is -0.542. The number of nitrogens with one attached hydrogen (secondary N) is 1. The number of ether oxygens (including phenoxy) is 1. The zero-order valence-corrected chi connectivity index (χ0v) is 41.2. The molecule has 362 valence electrons. The Morgan fingerprint density at radius 2 is 0.921 bits per heavy atom. The molecule has 0 rings (SSSR count). The molecule has 6 nitrogen and oxygen atoms in total. The second-order valence-electron chi connectivity index (χ2n) is 17.6. The Balaban J connectivity index is 4.64. The Morgan fingerprint density at radius 3 is 1.49 bits per heavy atom. The predicted octanol–water partition coefficient (Wildman–Crippen LogP) is 16.0. The minimum atomic E-state index is -0.806. The van der Waals surface area contributed by atoms with E-state index in [1.807, 2.05) is 0 Å². The maximum absolute atomic E-state index is 13.2. The number of carbonyl (C=O) groups is 2. The van der Waals surface area contributed by atoms with Crippen molar-refractivity contribution >= 4 is 11.9 Å². The third kappa shape index (κ3) is 45.4. The van der Waals surface area contributed by atoms with Crippen molar-refractivity contribution in [2.45, 2.75) is 257 Å². The lowest BCUT2D eigenvalue weighted by molar-refractivity contribution is -0.151. The van der Waals surface area contributed by atoms with Crippen LogP contribution in [0.1, 0.15) is 239 Å². The third-order valence-corrected chi connectivity index (χ3v) is 11.6. The molecule has 1 amide bonds. The number of hydrogen-bond acceptors (Lipinski definition) is 5. The summed E-state index contributed by atoms with van der Waals surface area (Å²) >= 11 is 0. The van der Waals surface area contributed by atoms with Crippen molar-refractivity contribution in [1.29, 1.82) is 0 Å². The highest BCUT2D eigenvalue weighted by molar-refractivity contribution is 5.77. The molecule has 0 aromatic rings. The van der Waals surface area contributed by atoms with Gasteiger partial charge in [0.2, 0.25) is 5.91 Å². The molecule has 0 aromatic carbocycles. The molecule has 0 aliphatic carbocycles. The fraction of sp³-hybridized carbons (Fsp3) is 0.719. The lowest BCUT2D eigenvalue weighted by Gasteiger charge is -2.24. The van der Waals surface area contributed by atoms with E-state index in [0.29, 0.717) is 19.3 Å². The molecule has 0 spiro atoms. The molecule has 3 N–H and O–H groups in total. The highest BCUT2D eigenvalue weighted by Gasteiger charge is 2.24. The van der Waals surface area contributed by atoms with Crippen LogP contribution >= 0.6 is 0 Å². The Hall–Kier alpha value is -2.96. The van der Waals surface area contributed by atoms with Crippen molar-refractivity contribution in [3.63, 3.8) is 0 Å². The lowest BCUT2D eigenvalue weighted by Crippen LogP contribution is -2.46. The van der Waals surface area contributed by atoms with Gasteiger partial charge in [-0.15, -0.1) is 0 Å². The van der Waals surface area contributed by atoms with Crippen LogP contribution < -0.4 is 5.32 Å². The van der Waals surface area contributed by atoms with Gasteiger partial charge in [0.15, 0.2) is 0 Å². The highest BCUT2D eigenvalue weighted by Crippen LogP contribution is 2.17. The number of allylic oxidation sites excluding steroid dienone is 14. The van der Waals surface area contributed by atoms with Crippen molar-refractivity contribution in [3.8, 4) is 0 Å². The first-order chi connectivity index (χ1) is 31.0. The Kier molecular flexibility index (Phi) is 47.7. The molecule has 0 aliphatic heterocycles. The second kappa shape index (κ2) is 50.0. The lowest BCUT2D eigenvalue weighted by atomic mass is 10.0. The van der Waals surface area contributed by atoms with Crippen LogP contribution in [0.4, 0.5) is 0 Å². The summed E-state index contributed by atoms with van der Waals surface area (Å²) in [5, 5.41) is 23.8. The Morgan fingerprint density at radius 1 is 0.492 bits per heavy atom. The summed E-state index contributed by atoms with van der Waals surface area (Å²) in [4.78, 5) is 26.1. The average Bonchev–Trinajstić information content (AvgIpc) is 3.28. The van der Waals surface area contributed by atoms with Gasteiger partial charge in [-0.1, -0.05) is 228 Å². The Bertz CT molecular complexity index is 1210. The molecule has 0 saturated carbocycles. The number of esters is 1. The summed E-state index contributed by atoms with van der Waals surface area (Å²) in [5.41, 5.74) is 0. The van der Waals surface area contributed by atoms with E-state index in [1.54, 1.807) is 0 Å². The van der Waals surface area contributed by atoms with Gasteiger partial charge < -0.3 is 20.3 Å². The van der Waals surface area contributed by atoms with Gasteiger partial charge >= 0.3 is 5.97 Å². The van der Waals surface area contributed by atoms with Crippen molar-refractivity contribution < 1.29 is 24.5 Å². The van der Waals surface area contributed by atoms with Gasteiger partial charge in [-0.25, -0.2) is 0 Å². The van der Waals surface area contributed by atoms with E-state index in [1.165, 1.54) is 89.9 Å². The second-order valence-corrected chi connectivity index (χ2v) is 17.6. The van der Waals surface area contributed by atoms with Gasteiger partial charge in [-0.05, 0) is 83.5 Å². The largest absolute Gasteiger partial charge is 0.462 e. The average molecular weight is 878 g/mol. The first-order valence-electron chi connectivity index (χ1n) is 26.4. The summed E-state index contributed by atoms with van der Waals surface area (Å²) in [7, 11) is 0. The van der Waals surface area contributed by atoms with E-state index in [2.05, 4.69) is 111 Å². The van der Waals surface area contributed by atoms with Crippen LogP contribution in [0.2, 0.25) is 0 Å². The quantitative estimate of drug-likeness (QED) is 0.0245. The minimum absolute atomic E-state index is 0.0378. The van der Waals surface area contributed by atoms with Gasteiger partial charge in [-0.3, -0.25) is 9.59 Å². The van der Waals surface area contributed by atoms with Crippen molar-refractivity contribution in [3.05, 3.63) is 85.1 Å². The smallest absolute Gasteiger partial charge is 0.306 e. The van der Waals surface area contributed by atoms with E-state index in [-0.39, 0.29) is 24.9 Å². The molecular weight excluding hydrogens is 779 g/mol. The van der Waals surface area contributed by atoms with Gasteiger partial charge in [0, 0.05) is 6.42 Å². The van der Waals surface area contributed by atoms with Crippen molar-refractivity contribution in [2.75, 3.05) is 6.61 Å². The SMILES string of the molecule is CC/C=C/C/C=C/C/C=C/CCCCC(CC(=O)NC(CO)C(O)CCCCCCCCCCCCCCCC)OC(=O)CCCCCCC/C=C/C=C/C=C/C=C/CCCCC. The monoisotopic (exact) mass is 878 g/mol. The first-order valence-corrected chi connectivity index (χ1v) is 26.4.